The molecule has 3 aromatic rings. The number of thiophene rings is 1. The first kappa shape index (κ1) is 16.1. The van der Waals surface area contributed by atoms with E-state index in [1.54, 1.807) is 29.8 Å². The molecule has 7 nitrogen and oxygen atoms in total. The third-order valence-corrected chi connectivity index (χ3v) is 3.83. The summed E-state index contributed by atoms with van der Waals surface area (Å²) in [5.41, 5.74) is 5.93. The topological polar surface area (TPSA) is 104 Å². The Morgan fingerprint density at radius 2 is 2.12 bits per heavy atom. The molecule has 3 rings (SSSR count). The van der Waals surface area contributed by atoms with E-state index in [0.717, 1.165) is 0 Å². The Morgan fingerprint density at radius 3 is 2.71 bits per heavy atom. The van der Waals surface area contributed by atoms with Gasteiger partial charge in [0, 0.05) is 5.38 Å². The first-order chi connectivity index (χ1) is 11.3. The van der Waals surface area contributed by atoms with Gasteiger partial charge in [0.1, 0.15) is 17.0 Å². The summed E-state index contributed by atoms with van der Waals surface area (Å²) in [6, 6.07) is 5.19. The van der Waals surface area contributed by atoms with E-state index in [-0.39, 0.29) is 5.60 Å². The Morgan fingerprint density at radius 1 is 1.33 bits per heavy atom. The Labute approximate surface area is 142 Å². The Kier molecular flexibility index (Phi) is 4.06. The largest absolute Gasteiger partial charge is 0.487 e. The maximum absolute atomic E-state index is 11.1. The average Bonchev–Trinajstić information content (AvgIpc) is 3.15. The van der Waals surface area contributed by atoms with Gasteiger partial charge in [-0.15, -0.1) is 11.3 Å². The van der Waals surface area contributed by atoms with Crippen LogP contribution in [0, 0.1) is 0 Å². The summed E-state index contributed by atoms with van der Waals surface area (Å²) >= 11 is 1.31. The number of hydrogen-bond acceptors (Lipinski definition) is 7. The molecule has 3 aromatic heterocycles. The van der Waals surface area contributed by atoms with Gasteiger partial charge in [0.05, 0.1) is 16.6 Å². The molecule has 1 amide bonds. The van der Waals surface area contributed by atoms with Crippen LogP contribution in [0.4, 0.5) is 0 Å². The van der Waals surface area contributed by atoms with Gasteiger partial charge in [-0.25, -0.2) is 4.98 Å². The summed E-state index contributed by atoms with van der Waals surface area (Å²) in [5, 5.41) is 5.57. The van der Waals surface area contributed by atoms with Crippen LogP contribution in [-0.2, 0) is 0 Å². The van der Waals surface area contributed by atoms with Crippen LogP contribution in [0.5, 0.6) is 5.75 Å². The molecule has 0 atom stereocenters. The van der Waals surface area contributed by atoms with Crippen molar-refractivity contribution < 1.29 is 14.1 Å². The number of carbonyl (C=O) groups excluding carboxylic acids is 1. The van der Waals surface area contributed by atoms with E-state index in [1.165, 1.54) is 11.3 Å². The lowest BCUT2D eigenvalue weighted by Crippen LogP contribution is -2.22. The molecule has 0 spiro atoms. The van der Waals surface area contributed by atoms with E-state index in [9.17, 15) is 4.79 Å². The van der Waals surface area contributed by atoms with Crippen LogP contribution in [0.25, 0.3) is 22.3 Å². The van der Waals surface area contributed by atoms with Crippen molar-refractivity contribution in [2.75, 3.05) is 0 Å². The monoisotopic (exact) mass is 344 g/mol. The average molecular weight is 344 g/mol. The van der Waals surface area contributed by atoms with Gasteiger partial charge in [-0.2, -0.15) is 4.98 Å². The highest BCUT2D eigenvalue weighted by Gasteiger charge is 2.16. The molecule has 0 aliphatic rings. The van der Waals surface area contributed by atoms with Crippen LogP contribution in [0.1, 0.15) is 31.1 Å². The minimum atomic E-state index is -0.492. The molecule has 0 saturated heterocycles. The van der Waals surface area contributed by atoms with Gasteiger partial charge in [-0.3, -0.25) is 4.79 Å². The zero-order valence-corrected chi connectivity index (χ0v) is 14.3. The molecule has 0 fully saturated rings. The molecule has 8 heteroatoms. The van der Waals surface area contributed by atoms with Crippen molar-refractivity contribution >= 4 is 17.2 Å². The van der Waals surface area contributed by atoms with Crippen molar-refractivity contribution in [2.45, 2.75) is 26.4 Å². The van der Waals surface area contributed by atoms with Crippen molar-refractivity contribution in [3.05, 3.63) is 35.3 Å². The number of nitrogens with zero attached hydrogens (tertiary/aromatic N) is 3. The van der Waals surface area contributed by atoms with Gasteiger partial charge in [0.15, 0.2) is 0 Å². The third-order valence-electron chi connectivity index (χ3n) is 2.91. The Balaban J connectivity index is 1.81. The molecule has 0 aliphatic heterocycles. The molecule has 0 aliphatic carbocycles. The molecule has 2 N–H and O–H groups in total. The van der Waals surface area contributed by atoms with Crippen LogP contribution in [0.15, 0.2) is 34.3 Å². The van der Waals surface area contributed by atoms with Crippen molar-refractivity contribution in [2.24, 2.45) is 5.73 Å². The highest BCUT2D eigenvalue weighted by molar-refractivity contribution is 7.13. The summed E-state index contributed by atoms with van der Waals surface area (Å²) in [6.07, 6.45) is 1.62. The fourth-order valence-corrected chi connectivity index (χ4v) is 2.75. The SMILES string of the molecule is CC(C)(C)Oc1ccc(-c2noc(-c3cc(C(N)=O)cs3)n2)nc1. The normalized spacial score (nSPS) is 11.5. The summed E-state index contributed by atoms with van der Waals surface area (Å²) in [4.78, 5) is 20.4. The molecule has 0 unspecified atom stereocenters. The van der Waals surface area contributed by atoms with E-state index in [4.69, 9.17) is 15.0 Å². The van der Waals surface area contributed by atoms with Crippen LogP contribution in [0.2, 0.25) is 0 Å². The maximum atomic E-state index is 11.1. The van der Waals surface area contributed by atoms with E-state index in [2.05, 4.69) is 15.1 Å². The number of rotatable bonds is 4. The first-order valence-corrected chi connectivity index (χ1v) is 8.08. The Hall–Kier alpha value is -2.74. The fourth-order valence-electron chi connectivity index (χ4n) is 1.93. The standard InChI is InChI=1S/C16H16N4O3S/c1-16(2,3)22-10-4-5-11(18-7-10)14-19-15(23-20-14)12-6-9(8-24-12)13(17)21/h4-8H,1-3H3,(H2,17,21). The lowest BCUT2D eigenvalue weighted by Gasteiger charge is -2.20. The third kappa shape index (κ3) is 3.60. The van der Waals surface area contributed by atoms with Crippen LogP contribution in [-0.4, -0.2) is 26.6 Å². The minimum Gasteiger partial charge on any atom is -0.487 e. The number of ether oxygens (including phenoxy) is 1. The minimum absolute atomic E-state index is 0.292. The number of nitrogens with two attached hydrogens (primary N) is 1. The number of hydrogen-bond donors (Lipinski definition) is 1. The van der Waals surface area contributed by atoms with Gasteiger partial charge < -0.3 is 15.0 Å². The number of carbonyl (C=O) groups is 1. The summed E-state index contributed by atoms with van der Waals surface area (Å²) in [6.45, 7) is 5.90. The van der Waals surface area contributed by atoms with Crippen LogP contribution < -0.4 is 10.5 Å². The van der Waals surface area contributed by atoms with E-state index in [0.29, 0.717) is 33.6 Å². The summed E-state index contributed by atoms with van der Waals surface area (Å²) in [7, 11) is 0. The van der Waals surface area contributed by atoms with Gasteiger partial charge in [0.2, 0.25) is 11.7 Å². The van der Waals surface area contributed by atoms with Gasteiger partial charge >= 0.3 is 0 Å². The number of amides is 1. The number of aromatic nitrogens is 3. The smallest absolute Gasteiger partial charge is 0.268 e. The lowest BCUT2D eigenvalue weighted by molar-refractivity contribution is 0.100. The van der Waals surface area contributed by atoms with Gasteiger partial charge in [-0.1, -0.05) is 5.16 Å². The fraction of sp³-hybridized carbons (Fsp3) is 0.250. The van der Waals surface area contributed by atoms with Gasteiger partial charge in [-0.05, 0) is 39.0 Å². The zero-order chi connectivity index (χ0) is 17.3. The van der Waals surface area contributed by atoms with Gasteiger partial charge in [0.25, 0.3) is 5.89 Å². The zero-order valence-electron chi connectivity index (χ0n) is 13.4. The van der Waals surface area contributed by atoms with Crippen molar-refractivity contribution in [3.8, 4) is 28.0 Å². The molecule has 124 valence electrons. The van der Waals surface area contributed by atoms with Crippen molar-refractivity contribution in [1.29, 1.82) is 0 Å². The first-order valence-electron chi connectivity index (χ1n) is 7.20. The molecule has 0 saturated carbocycles. The second-order valence-corrected chi connectivity index (χ2v) is 6.99. The second-order valence-electron chi connectivity index (χ2n) is 6.08. The molecule has 0 radical (unpaired) electrons. The second kappa shape index (κ2) is 6.04. The maximum Gasteiger partial charge on any atom is 0.268 e. The molecular weight excluding hydrogens is 328 g/mol. The Bertz CT molecular complexity index is 862. The highest BCUT2D eigenvalue weighted by Crippen LogP contribution is 2.28. The van der Waals surface area contributed by atoms with Crippen LogP contribution >= 0.6 is 11.3 Å². The van der Waals surface area contributed by atoms with E-state index < -0.39 is 5.91 Å². The van der Waals surface area contributed by atoms with E-state index >= 15 is 0 Å². The predicted octanol–water partition coefficient (Wildman–Crippen LogP) is 3.14. The quantitative estimate of drug-likeness (QED) is 0.779. The predicted molar refractivity (Wildman–Crippen MR) is 89.7 cm³/mol. The van der Waals surface area contributed by atoms with Crippen molar-refractivity contribution in [3.63, 3.8) is 0 Å². The molecule has 3 heterocycles. The van der Waals surface area contributed by atoms with Crippen LogP contribution in [0.3, 0.4) is 0 Å². The molecule has 24 heavy (non-hydrogen) atoms. The number of primary amides is 1. The number of pyridine rings is 1. The van der Waals surface area contributed by atoms with Crippen molar-refractivity contribution in [1.82, 2.24) is 15.1 Å². The molecule has 0 bridgehead atoms. The summed E-state index contributed by atoms with van der Waals surface area (Å²) in [5.74, 6) is 0.855. The summed E-state index contributed by atoms with van der Waals surface area (Å²) < 4.78 is 11.0. The van der Waals surface area contributed by atoms with E-state index in [1.807, 2.05) is 20.8 Å². The lowest BCUT2D eigenvalue weighted by atomic mass is 10.2. The highest BCUT2D eigenvalue weighted by atomic mass is 32.1. The molecular formula is C16H16N4O3S. The molecule has 0 aromatic carbocycles.